The van der Waals surface area contributed by atoms with E-state index in [1.807, 2.05) is 19.9 Å². The Morgan fingerprint density at radius 1 is 1.45 bits per heavy atom. The molecule has 1 amide bonds. The molecule has 0 saturated heterocycles. The van der Waals surface area contributed by atoms with Gasteiger partial charge in [-0.15, -0.1) is 5.10 Å². The molecule has 0 bridgehead atoms. The number of para-hydroxylation sites is 1. The number of amides is 1. The Hall–Kier alpha value is -2.25. The number of rotatable bonds is 4. The van der Waals surface area contributed by atoms with E-state index < -0.39 is 5.91 Å². The molecule has 3 rings (SSSR count). The Morgan fingerprint density at radius 2 is 2.27 bits per heavy atom. The van der Waals surface area contributed by atoms with Gasteiger partial charge in [-0.1, -0.05) is 37.6 Å². The number of tetrazole rings is 1. The van der Waals surface area contributed by atoms with Crippen LogP contribution in [0.5, 0.6) is 0 Å². The van der Waals surface area contributed by atoms with E-state index in [2.05, 4.69) is 21.0 Å². The van der Waals surface area contributed by atoms with Crippen molar-refractivity contribution in [3.63, 3.8) is 0 Å². The first kappa shape index (κ1) is 14.7. The summed E-state index contributed by atoms with van der Waals surface area (Å²) in [6.45, 7) is 4.40. The number of hydroxylamine groups is 1. The number of halogens is 1. The highest BCUT2D eigenvalue weighted by Gasteiger charge is 2.17. The predicted octanol–water partition coefficient (Wildman–Crippen LogP) is 2.25. The molecule has 0 fully saturated rings. The van der Waals surface area contributed by atoms with Crippen molar-refractivity contribution in [3.8, 4) is 0 Å². The van der Waals surface area contributed by atoms with Gasteiger partial charge >= 0.3 is 0 Å². The van der Waals surface area contributed by atoms with E-state index >= 15 is 0 Å². The van der Waals surface area contributed by atoms with E-state index in [9.17, 15) is 4.79 Å². The zero-order chi connectivity index (χ0) is 15.7. The van der Waals surface area contributed by atoms with Crippen LogP contribution in [-0.4, -0.2) is 32.6 Å². The number of carbonyl (C=O) groups is 1. The van der Waals surface area contributed by atoms with Gasteiger partial charge < -0.3 is 0 Å². The normalized spacial score (nSPS) is 11.5. The molecule has 0 aliphatic rings. The van der Waals surface area contributed by atoms with Gasteiger partial charge in [0, 0.05) is 5.39 Å². The summed E-state index contributed by atoms with van der Waals surface area (Å²) in [5.41, 5.74) is 3.71. The van der Waals surface area contributed by atoms with E-state index in [0.29, 0.717) is 34.3 Å². The number of pyridine rings is 1. The molecule has 0 saturated carbocycles. The van der Waals surface area contributed by atoms with E-state index in [4.69, 9.17) is 16.4 Å². The Bertz CT molecular complexity index is 846. The topological polar surface area (TPSA) is 81.4 Å². The number of nitrogens with zero attached hydrogens (tertiary/aromatic N) is 4. The first-order valence-electron chi connectivity index (χ1n) is 6.79. The van der Waals surface area contributed by atoms with Gasteiger partial charge in [0.05, 0.1) is 22.7 Å². The minimum Gasteiger partial charge on any atom is -0.273 e. The van der Waals surface area contributed by atoms with Crippen LogP contribution in [0.4, 0.5) is 0 Å². The second-order valence-electron chi connectivity index (χ2n) is 5.29. The summed E-state index contributed by atoms with van der Waals surface area (Å²) in [4.78, 5) is 17.5. The molecule has 1 aromatic carbocycles. The lowest BCUT2D eigenvalue weighted by molar-refractivity contribution is 0.0209. The fraction of sp³-hybridized carbons (Fsp3) is 0.286. The summed E-state index contributed by atoms with van der Waals surface area (Å²) in [7, 11) is 0. The van der Waals surface area contributed by atoms with Crippen LogP contribution in [0.15, 0.2) is 24.3 Å². The number of nitrogens with one attached hydrogen (secondary N) is 1. The minimum atomic E-state index is -0.401. The molecule has 0 spiro atoms. The molecule has 8 heteroatoms. The van der Waals surface area contributed by atoms with Crippen LogP contribution in [0.25, 0.3) is 16.6 Å². The third-order valence-electron chi connectivity index (χ3n) is 3.07. The molecule has 2 heterocycles. The average molecular weight is 320 g/mol. The molecule has 2 aromatic heterocycles. The summed E-state index contributed by atoms with van der Waals surface area (Å²) in [5.74, 6) is -0.0900. The molecule has 114 valence electrons. The SMILES string of the molecule is CC(C)CONC(=O)c1cc2cccc(Cl)c2n2nnnc12. The molecule has 0 unspecified atom stereocenters. The fourth-order valence-corrected chi connectivity index (χ4v) is 2.36. The van der Waals surface area contributed by atoms with E-state index in [1.165, 1.54) is 4.52 Å². The molecule has 0 radical (unpaired) electrons. The van der Waals surface area contributed by atoms with Gasteiger partial charge in [0.25, 0.3) is 5.91 Å². The highest BCUT2D eigenvalue weighted by Crippen LogP contribution is 2.25. The molecule has 7 nitrogen and oxygen atoms in total. The number of fused-ring (bicyclic) bond motifs is 3. The van der Waals surface area contributed by atoms with Crippen molar-refractivity contribution in [2.24, 2.45) is 5.92 Å². The van der Waals surface area contributed by atoms with Crippen LogP contribution in [0.3, 0.4) is 0 Å². The smallest absolute Gasteiger partial charge is 0.273 e. The van der Waals surface area contributed by atoms with Gasteiger partial charge in [-0.3, -0.25) is 9.63 Å². The van der Waals surface area contributed by atoms with Crippen molar-refractivity contribution >= 4 is 34.1 Å². The fourth-order valence-electron chi connectivity index (χ4n) is 2.09. The molecule has 0 aliphatic carbocycles. The maximum atomic E-state index is 12.3. The van der Waals surface area contributed by atoms with Crippen molar-refractivity contribution in [3.05, 3.63) is 34.9 Å². The van der Waals surface area contributed by atoms with Crippen LogP contribution in [0, 0.1) is 5.92 Å². The van der Waals surface area contributed by atoms with E-state index in [1.54, 1.807) is 18.2 Å². The molecule has 22 heavy (non-hydrogen) atoms. The van der Waals surface area contributed by atoms with Gasteiger partial charge in [-0.25, -0.2) is 5.48 Å². The number of aromatic nitrogens is 4. The highest BCUT2D eigenvalue weighted by molar-refractivity contribution is 6.35. The standard InChI is InChI=1S/C14H14ClN5O2/c1-8(2)7-22-17-14(21)10-6-9-4-3-5-11(15)12(9)20-13(10)16-18-19-20/h3-6,8H,7H2,1-2H3,(H,17,21). The average Bonchev–Trinajstić information content (AvgIpc) is 2.95. The van der Waals surface area contributed by atoms with Crippen molar-refractivity contribution in [1.82, 2.24) is 25.5 Å². The van der Waals surface area contributed by atoms with Gasteiger partial charge in [-0.2, -0.15) is 4.52 Å². The Labute approximate surface area is 131 Å². The molecular formula is C14H14ClN5O2. The Morgan fingerprint density at radius 3 is 3.05 bits per heavy atom. The third kappa shape index (κ3) is 2.60. The Kier molecular flexibility index (Phi) is 3.91. The summed E-state index contributed by atoms with van der Waals surface area (Å²) in [6, 6.07) is 7.09. The van der Waals surface area contributed by atoms with Crippen LogP contribution in [0.1, 0.15) is 24.2 Å². The van der Waals surface area contributed by atoms with Gasteiger partial charge in [0.2, 0.25) is 0 Å². The summed E-state index contributed by atoms with van der Waals surface area (Å²) < 4.78 is 1.45. The first-order chi connectivity index (χ1) is 10.6. The molecular weight excluding hydrogens is 306 g/mol. The van der Waals surface area contributed by atoms with Crippen molar-refractivity contribution < 1.29 is 9.63 Å². The van der Waals surface area contributed by atoms with Crippen molar-refractivity contribution in [2.45, 2.75) is 13.8 Å². The monoisotopic (exact) mass is 319 g/mol. The van der Waals surface area contributed by atoms with Crippen LogP contribution < -0.4 is 5.48 Å². The van der Waals surface area contributed by atoms with Gasteiger partial charge in [-0.05, 0) is 28.5 Å². The molecule has 0 aliphatic heterocycles. The zero-order valence-corrected chi connectivity index (χ0v) is 12.8. The lowest BCUT2D eigenvalue weighted by Gasteiger charge is -2.09. The number of hydrogen-bond donors (Lipinski definition) is 1. The lowest BCUT2D eigenvalue weighted by atomic mass is 10.1. The van der Waals surface area contributed by atoms with Crippen molar-refractivity contribution in [1.29, 1.82) is 0 Å². The van der Waals surface area contributed by atoms with Crippen LogP contribution in [0.2, 0.25) is 5.02 Å². The van der Waals surface area contributed by atoms with Crippen LogP contribution >= 0.6 is 11.6 Å². The summed E-state index contributed by atoms with van der Waals surface area (Å²) in [5, 5.41) is 12.7. The highest BCUT2D eigenvalue weighted by atomic mass is 35.5. The quantitative estimate of drug-likeness (QED) is 0.746. The number of carbonyl (C=O) groups excluding carboxylic acids is 1. The van der Waals surface area contributed by atoms with Gasteiger partial charge in [0.15, 0.2) is 5.65 Å². The minimum absolute atomic E-state index is 0.311. The second kappa shape index (κ2) is 5.86. The molecule has 3 aromatic rings. The Balaban J connectivity index is 2.05. The number of benzene rings is 1. The van der Waals surface area contributed by atoms with Crippen molar-refractivity contribution in [2.75, 3.05) is 6.61 Å². The largest absolute Gasteiger partial charge is 0.278 e. The van der Waals surface area contributed by atoms with Gasteiger partial charge in [0.1, 0.15) is 0 Å². The summed E-state index contributed by atoms with van der Waals surface area (Å²) in [6.07, 6.45) is 0. The zero-order valence-electron chi connectivity index (χ0n) is 12.1. The van der Waals surface area contributed by atoms with Crippen LogP contribution in [-0.2, 0) is 4.84 Å². The maximum Gasteiger partial charge on any atom is 0.278 e. The van der Waals surface area contributed by atoms with E-state index in [0.717, 1.165) is 5.39 Å². The maximum absolute atomic E-state index is 12.3. The predicted molar refractivity (Wildman–Crippen MR) is 81.6 cm³/mol. The molecule has 0 atom stereocenters. The van der Waals surface area contributed by atoms with E-state index in [-0.39, 0.29) is 0 Å². The third-order valence-corrected chi connectivity index (χ3v) is 3.37. The number of hydrogen-bond acceptors (Lipinski definition) is 5. The lowest BCUT2D eigenvalue weighted by Crippen LogP contribution is -2.26. The second-order valence-corrected chi connectivity index (χ2v) is 5.69. The molecule has 1 N–H and O–H groups in total. The summed E-state index contributed by atoms with van der Waals surface area (Å²) >= 11 is 6.20. The first-order valence-corrected chi connectivity index (χ1v) is 7.17.